The van der Waals surface area contributed by atoms with Crippen LogP contribution in [0, 0.1) is 0 Å². The highest BCUT2D eigenvalue weighted by Gasteiger charge is 2.11. The van der Waals surface area contributed by atoms with Crippen molar-refractivity contribution in [1.82, 2.24) is 5.43 Å². The number of hydrogen-bond acceptors (Lipinski definition) is 4. The minimum atomic E-state index is -0.390. The van der Waals surface area contributed by atoms with Gasteiger partial charge in [0.1, 0.15) is 5.75 Å². The topological polar surface area (TPSA) is 79.8 Å². The molecule has 0 saturated carbocycles. The molecule has 6 heteroatoms. The molecule has 0 aliphatic heterocycles. The molecule has 0 bridgehead atoms. The van der Waals surface area contributed by atoms with E-state index >= 15 is 0 Å². The van der Waals surface area contributed by atoms with Gasteiger partial charge in [0.15, 0.2) is 0 Å². The fourth-order valence-electron chi connectivity index (χ4n) is 2.46. The summed E-state index contributed by atoms with van der Waals surface area (Å²) in [6.07, 6.45) is 0.919. The van der Waals surface area contributed by atoms with Crippen molar-refractivity contribution in [2.24, 2.45) is 5.10 Å². The number of benzene rings is 2. The fraction of sp³-hybridized carbons (Fsp3) is 0.250. The van der Waals surface area contributed by atoms with Gasteiger partial charge in [-0.05, 0) is 37.1 Å². The molecule has 2 amide bonds. The van der Waals surface area contributed by atoms with E-state index in [2.05, 4.69) is 15.8 Å². The molecule has 26 heavy (non-hydrogen) atoms. The number of hydrazone groups is 1. The van der Waals surface area contributed by atoms with Crippen molar-refractivity contribution >= 4 is 23.2 Å². The van der Waals surface area contributed by atoms with E-state index in [1.165, 1.54) is 7.11 Å². The van der Waals surface area contributed by atoms with Gasteiger partial charge in [-0.3, -0.25) is 9.59 Å². The number of anilines is 1. The van der Waals surface area contributed by atoms with Gasteiger partial charge in [0.2, 0.25) is 5.91 Å². The molecule has 0 fully saturated rings. The van der Waals surface area contributed by atoms with Gasteiger partial charge >= 0.3 is 0 Å². The van der Waals surface area contributed by atoms with Crippen molar-refractivity contribution in [3.63, 3.8) is 0 Å². The molecule has 0 spiro atoms. The van der Waals surface area contributed by atoms with Gasteiger partial charge in [-0.15, -0.1) is 0 Å². The van der Waals surface area contributed by atoms with Crippen LogP contribution in [0.2, 0.25) is 0 Å². The SMILES string of the molecule is CCc1ccccc1NC(=O)C/C(C)=N/NC(=O)c1ccccc1OC. The predicted molar refractivity (Wildman–Crippen MR) is 103 cm³/mol. The average molecular weight is 353 g/mol. The summed E-state index contributed by atoms with van der Waals surface area (Å²) in [4.78, 5) is 24.4. The number of hydrogen-bond donors (Lipinski definition) is 2. The lowest BCUT2D eigenvalue weighted by Gasteiger charge is -2.10. The van der Waals surface area contributed by atoms with Gasteiger partial charge in [-0.2, -0.15) is 5.10 Å². The molecule has 0 aliphatic carbocycles. The molecule has 2 aromatic rings. The van der Waals surface area contributed by atoms with Gasteiger partial charge in [0.05, 0.1) is 19.1 Å². The Morgan fingerprint density at radius 3 is 2.50 bits per heavy atom. The molecule has 0 unspecified atom stereocenters. The van der Waals surface area contributed by atoms with Crippen molar-refractivity contribution < 1.29 is 14.3 Å². The van der Waals surface area contributed by atoms with E-state index in [1.807, 2.05) is 31.2 Å². The molecule has 2 aromatic carbocycles. The number of carbonyl (C=O) groups excluding carboxylic acids is 2. The summed E-state index contributed by atoms with van der Waals surface area (Å²) in [5.41, 5.74) is 5.20. The molecule has 0 atom stereocenters. The summed E-state index contributed by atoms with van der Waals surface area (Å²) in [6.45, 7) is 3.72. The fourth-order valence-corrected chi connectivity index (χ4v) is 2.46. The highest BCUT2D eigenvalue weighted by Crippen LogP contribution is 2.17. The average Bonchev–Trinajstić information content (AvgIpc) is 2.66. The van der Waals surface area contributed by atoms with Crippen molar-refractivity contribution in [2.45, 2.75) is 26.7 Å². The number of nitrogens with one attached hydrogen (secondary N) is 2. The number of nitrogens with zero attached hydrogens (tertiary/aromatic N) is 1. The highest BCUT2D eigenvalue weighted by atomic mass is 16.5. The Morgan fingerprint density at radius 1 is 1.08 bits per heavy atom. The molecule has 2 N–H and O–H groups in total. The number of aryl methyl sites for hydroxylation is 1. The van der Waals surface area contributed by atoms with Gasteiger partial charge in [0, 0.05) is 11.4 Å². The first kappa shape index (κ1) is 19.2. The number of methoxy groups -OCH3 is 1. The maximum Gasteiger partial charge on any atom is 0.275 e. The van der Waals surface area contributed by atoms with Crippen LogP contribution in [0.1, 0.15) is 36.2 Å². The minimum absolute atomic E-state index is 0.0876. The van der Waals surface area contributed by atoms with Gasteiger partial charge in [0.25, 0.3) is 5.91 Å². The number of ether oxygens (including phenoxy) is 1. The van der Waals surface area contributed by atoms with E-state index in [4.69, 9.17) is 4.74 Å². The van der Waals surface area contributed by atoms with Crippen molar-refractivity contribution in [3.8, 4) is 5.75 Å². The normalized spacial score (nSPS) is 11.0. The smallest absolute Gasteiger partial charge is 0.275 e. The maximum absolute atomic E-state index is 12.2. The Morgan fingerprint density at radius 2 is 1.77 bits per heavy atom. The van der Waals surface area contributed by atoms with Crippen molar-refractivity contribution in [2.75, 3.05) is 12.4 Å². The van der Waals surface area contributed by atoms with Gasteiger partial charge in [-0.25, -0.2) is 5.43 Å². The highest BCUT2D eigenvalue weighted by molar-refractivity contribution is 6.06. The van der Waals surface area contributed by atoms with Crippen molar-refractivity contribution in [1.29, 1.82) is 0 Å². The number of rotatable bonds is 7. The lowest BCUT2D eigenvalue weighted by Crippen LogP contribution is -2.22. The van der Waals surface area contributed by atoms with Crippen LogP contribution in [-0.4, -0.2) is 24.6 Å². The Labute approximate surface area is 153 Å². The van der Waals surface area contributed by atoms with E-state index in [-0.39, 0.29) is 12.3 Å². The van der Waals surface area contributed by atoms with Crippen LogP contribution in [0.15, 0.2) is 53.6 Å². The summed E-state index contributed by atoms with van der Waals surface area (Å²) in [6, 6.07) is 14.5. The van der Waals surface area contributed by atoms with Crippen LogP contribution in [-0.2, 0) is 11.2 Å². The first-order valence-corrected chi connectivity index (χ1v) is 8.39. The lowest BCUT2D eigenvalue weighted by atomic mass is 10.1. The summed E-state index contributed by atoms with van der Waals surface area (Å²) < 4.78 is 5.15. The molecular formula is C20H23N3O3. The standard InChI is InChI=1S/C20H23N3O3/c1-4-15-9-5-7-11-17(15)21-19(24)13-14(2)22-23-20(25)16-10-6-8-12-18(16)26-3/h5-12H,4,13H2,1-3H3,(H,21,24)(H,23,25)/b22-14+. The Bertz CT molecular complexity index is 815. The van der Waals surface area contributed by atoms with Crippen LogP contribution in [0.5, 0.6) is 5.75 Å². The van der Waals surface area contributed by atoms with E-state index in [0.29, 0.717) is 17.0 Å². The van der Waals surface area contributed by atoms with Crippen LogP contribution in [0.3, 0.4) is 0 Å². The van der Waals surface area contributed by atoms with E-state index in [1.54, 1.807) is 31.2 Å². The molecule has 6 nitrogen and oxygen atoms in total. The molecular weight excluding hydrogens is 330 g/mol. The van der Waals surface area contributed by atoms with Crippen molar-refractivity contribution in [3.05, 3.63) is 59.7 Å². The van der Waals surface area contributed by atoms with E-state index < -0.39 is 5.91 Å². The first-order valence-electron chi connectivity index (χ1n) is 8.39. The molecule has 2 rings (SSSR count). The molecule has 0 radical (unpaired) electrons. The largest absolute Gasteiger partial charge is 0.496 e. The van der Waals surface area contributed by atoms with E-state index in [9.17, 15) is 9.59 Å². The second kappa shape index (κ2) is 9.36. The second-order valence-electron chi connectivity index (χ2n) is 5.72. The van der Waals surface area contributed by atoms with E-state index in [0.717, 1.165) is 17.7 Å². The monoisotopic (exact) mass is 353 g/mol. The quantitative estimate of drug-likeness (QED) is 0.591. The van der Waals surface area contributed by atoms with Crippen LogP contribution >= 0.6 is 0 Å². The minimum Gasteiger partial charge on any atom is -0.496 e. The molecule has 0 aromatic heterocycles. The zero-order valence-corrected chi connectivity index (χ0v) is 15.2. The number of amides is 2. The third kappa shape index (κ3) is 5.17. The third-order valence-electron chi connectivity index (χ3n) is 3.79. The zero-order valence-electron chi connectivity index (χ0n) is 15.2. The van der Waals surface area contributed by atoms with Gasteiger partial charge < -0.3 is 10.1 Å². The molecule has 0 aliphatic rings. The number of para-hydroxylation sites is 2. The van der Waals surface area contributed by atoms with Gasteiger partial charge in [-0.1, -0.05) is 37.3 Å². The summed E-state index contributed by atoms with van der Waals surface area (Å²) >= 11 is 0. The summed E-state index contributed by atoms with van der Waals surface area (Å²) in [7, 11) is 1.50. The molecule has 0 heterocycles. The lowest BCUT2D eigenvalue weighted by molar-refractivity contribution is -0.115. The van der Waals surface area contributed by atoms with Crippen LogP contribution < -0.4 is 15.5 Å². The predicted octanol–water partition coefficient (Wildman–Crippen LogP) is 3.39. The molecule has 136 valence electrons. The third-order valence-corrected chi connectivity index (χ3v) is 3.79. The zero-order chi connectivity index (χ0) is 18.9. The molecule has 0 saturated heterocycles. The Hall–Kier alpha value is -3.15. The second-order valence-corrected chi connectivity index (χ2v) is 5.72. The summed E-state index contributed by atoms with van der Waals surface area (Å²) in [5, 5.41) is 6.88. The first-order chi connectivity index (χ1) is 12.5. The Balaban J connectivity index is 1.95. The number of carbonyl (C=O) groups is 2. The van der Waals surface area contributed by atoms with Crippen LogP contribution in [0.4, 0.5) is 5.69 Å². The summed E-state index contributed by atoms with van der Waals surface area (Å²) in [5.74, 6) is -0.107. The Kier molecular flexibility index (Phi) is 6.91. The van der Waals surface area contributed by atoms with Crippen LogP contribution in [0.25, 0.3) is 0 Å². The maximum atomic E-state index is 12.2.